The minimum absolute atomic E-state index is 0.0861. The van der Waals surface area contributed by atoms with Crippen LogP contribution in [-0.4, -0.2) is 38.4 Å². The number of morpholine rings is 1. The molecular formula is C11H21N3O. The summed E-state index contributed by atoms with van der Waals surface area (Å²) < 4.78 is 5.39. The molecule has 3 unspecified atom stereocenters. The van der Waals surface area contributed by atoms with Crippen LogP contribution in [0.2, 0.25) is 0 Å². The molecule has 1 saturated heterocycles. The molecule has 4 heteroatoms. The van der Waals surface area contributed by atoms with E-state index in [0.717, 1.165) is 32.7 Å². The van der Waals surface area contributed by atoms with Crippen LogP contribution in [-0.2, 0) is 4.74 Å². The average Bonchev–Trinajstić information content (AvgIpc) is 2.27. The molecule has 15 heavy (non-hydrogen) atoms. The molecule has 1 heterocycles. The van der Waals surface area contributed by atoms with Crippen LogP contribution in [0, 0.1) is 17.2 Å². The molecule has 3 atom stereocenters. The van der Waals surface area contributed by atoms with Crippen molar-refractivity contribution in [2.24, 2.45) is 5.92 Å². The highest BCUT2D eigenvalue weighted by molar-refractivity contribution is 4.82. The van der Waals surface area contributed by atoms with E-state index in [4.69, 9.17) is 10.00 Å². The Morgan fingerprint density at radius 2 is 2.40 bits per heavy atom. The highest BCUT2D eigenvalue weighted by atomic mass is 16.5. The van der Waals surface area contributed by atoms with Gasteiger partial charge in [0.25, 0.3) is 0 Å². The van der Waals surface area contributed by atoms with Crippen LogP contribution in [0.15, 0.2) is 0 Å². The lowest BCUT2D eigenvalue weighted by molar-refractivity contribution is 0.0712. The van der Waals surface area contributed by atoms with Crippen molar-refractivity contribution in [3.05, 3.63) is 0 Å². The van der Waals surface area contributed by atoms with Crippen molar-refractivity contribution >= 4 is 0 Å². The van der Waals surface area contributed by atoms with Crippen LogP contribution in [0.5, 0.6) is 0 Å². The first-order valence-corrected chi connectivity index (χ1v) is 5.66. The van der Waals surface area contributed by atoms with Crippen molar-refractivity contribution in [1.29, 1.82) is 5.26 Å². The summed E-state index contributed by atoms with van der Waals surface area (Å²) in [4.78, 5) is 0. The maximum atomic E-state index is 8.65. The molecule has 0 saturated carbocycles. The monoisotopic (exact) mass is 211 g/mol. The summed E-state index contributed by atoms with van der Waals surface area (Å²) in [7, 11) is 0. The number of rotatable bonds is 5. The molecule has 86 valence electrons. The number of ether oxygens (including phenoxy) is 1. The topological polar surface area (TPSA) is 57.1 Å². The first kappa shape index (κ1) is 12.4. The van der Waals surface area contributed by atoms with Gasteiger partial charge >= 0.3 is 0 Å². The number of nitriles is 1. The summed E-state index contributed by atoms with van der Waals surface area (Å²) in [6.45, 7) is 7.43. The Morgan fingerprint density at radius 3 is 3.00 bits per heavy atom. The van der Waals surface area contributed by atoms with E-state index in [-0.39, 0.29) is 5.92 Å². The smallest absolute Gasteiger partial charge is 0.0666 e. The van der Waals surface area contributed by atoms with E-state index in [0.29, 0.717) is 12.1 Å². The molecule has 0 spiro atoms. The molecule has 1 rings (SSSR count). The zero-order chi connectivity index (χ0) is 11.1. The number of hydrogen-bond acceptors (Lipinski definition) is 4. The predicted octanol–water partition coefficient (Wildman–Crippen LogP) is 0.503. The molecule has 1 aliphatic rings. The van der Waals surface area contributed by atoms with Gasteiger partial charge in [0.05, 0.1) is 25.2 Å². The lowest BCUT2D eigenvalue weighted by Crippen LogP contribution is -2.45. The molecule has 1 fully saturated rings. The molecule has 0 aliphatic carbocycles. The molecular weight excluding hydrogens is 190 g/mol. The molecule has 2 N–H and O–H groups in total. The molecule has 0 aromatic heterocycles. The van der Waals surface area contributed by atoms with Crippen molar-refractivity contribution in [3.63, 3.8) is 0 Å². The maximum absolute atomic E-state index is 8.65. The summed E-state index contributed by atoms with van der Waals surface area (Å²) in [5.74, 6) is 0.0861. The molecule has 0 amide bonds. The molecule has 0 bridgehead atoms. The van der Waals surface area contributed by atoms with Gasteiger partial charge < -0.3 is 15.4 Å². The first-order chi connectivity index (χ1) is 7.22. The van der Waals surface area contributed by atoms with Crippen LogP contribution in [0.25, 0.3) is 0 Å². The van der Waals surface area contributed by atoms with Crippen LogP contribution in [0.3, 0.4) is 0 Å². The van der Waals surface area contributed by atoms with Gasteiger partial charge in [0.15, 0.2) is 0 Å². The zero-order valence-corrected chi connectivity index (χ0v) is 9.62. The average molecular weight is 211 g/mol. The van der Waals surface area contributed by atoms with E-state index in [2.05, 4.69) is 23.6 Å². The van der Waals surface area contributed by atoms with E-state index in [1.54, 1.807) is 0 Å². The second kappa shape index (κ2) is 6.78. The molecule has 0 radical (unpaired) electrons. The van der Waals surface area contributed by atoms with Crippen LogP contribution in [0.1, 0.15) is 20.3 Å². The van der Waals surface area contributed by atoms with Gasteiger partial charge in [-0.1, -0.05) is 0 Å². The highest BCUT2D eigenvalue weighted by Crippen LogP contribution is 2.03. The third kappa shape index (κ3) is 5.12. The Kier molecular flexibility index (Phi) is 5.62. The van der Waals surface area contributed by atoms with E-state index in [1.807, 2.05) is 6.92 Å². The lowest BCUT2D eigenvalue weighted by Gasteiger charge is -2.26. The normalized spacial score (nSPS) is 25.5. The van der Waals surface area contributed by atoms with Gasteiger partial charge in [0.2, 0.25) is 0 Å². The first-order valence-electron chi connectivity index (χ1n) is 5.66. The third-order valence-corrected chi connectivity index (χ3v) is 2.63. The second-order valence-corrected chi connectivity index (χ2v) is 4.30. The lowest BCUT2D eigenvalue weighted by atomic mass is 10.1. The largest absolute Gasteiger partial charge is 0.379 e. The van der Waals surface area contributed by atoms with E-state index >= 15 is 0 Å². The molecule has 0 aromatic carbocycles. The fourth-order valence-electron chi connectivity index (χ4n) is 1.70. The fraction of sp³-hybridized carbons (Fsp3) is 0.909. The number of nitrogens with one attached hydrogen (secondary N) is 2. The summed E-state index contributed by atoms with van der Waals surface area (Å²) in [5.41, 5.74) is 0. The van der Waals surface area contributed by atoms with Crippen LogP contribution in [0.4, 0.5) is 0 Å². The van der Waals surface area contributed by atoms with Crippen molar-refractivity contribution in [2.75, 3.05) is 26.3 Å². The minimum Gasteiger partial charge on any atom is -0.379 e. The van der Waals surface area contributed by atoms with Gasteiger partial charge in [-0.05, 0) is 20.3 Å². The van der Waals surface area contributed by atoms with E-state index < -0.39 is 0 Å². The van der Waals surface area contributed by atoms with Crippen LogP contribution >= 0.6 is 0 Å². The minimum atomic E-state index is 0.0861. The predicted molar refractivity (Wildman–Crippen MR) is 59.5 cm³/mol. The Hall–Kier alpha value is -0.630. The van der Waals surface area contributed by atoms with Gasteiger partial charge in [-0.25, -0.2) is 0 Å². The summed E-state index contributed by atoms with van der Waals surface area (Å²) in [6.07, 6.45) is 1.05. The number of hydrogen-bond donors (Lipinski definition) is 2. The van der Waals surface area contributed by atoms with E-state index in [9.17, 15) is 0 Å². The van der Waals surface area contributed by atoms with Crippen molar-refractivity contribution in [1.82, 2.24) is 10.6 Å². The standard InChI is InChI=1S/C11H21N3O/c1-9(6-12)7-14-10(2)5-11-8-15-4-3-13-11/h9-11,13-14H,3-5,7-8H2,1-2H3. The van der Waals surface area contributed by atoms with Gasteiger partial charge in [-0.2, -0.15) is 5.26 Å². The quantitative estimate of drug-likeness (QED) is 0.695. The van der Waals surface area contributed by atoms with Gasteiger partial charge in [-0.15, -0.1) is 0 Å². The fourth-order valence-corrected chi connectivity index (χ4v) is 1.70. The molecule has 4 nitrogen and oxygen atoms in total. The Bertz CT molecular complexity index is 208. The zero-order valence-electron chi connectivity index (χ0n) is 9.62. The molecule has 0 aromatic rings. The Labute approximate surface area is 92.0 Å². The second-order valence-electron chi connectivity index (χ2n) is 4.30. The summed E-state index contributed by atoms with van der Waals surface area (Å²) in [6, 6.07) is 3.11. The summed E-state index contributed by atoms with van der Waals surface area (Å²) >= 11 is 0. The van der Waals surface area contributed by atoms with Gasteiger partial charge in [-0.3, -0.25) is 0 Å². The summed E-state index contributed by atoms with van der Waals surface area (Å²) in [5, 5.41) is 15.4. The SMILES string of the molecule is CC(C#N)CNC(C)CC1COCCN1. The van der Waals surface area contributed by atoms with Crippen LogP contribution < -0.4 is 10.6 Å². The number of nitrogens with zero attached hydrogens (tertiary/aromatic N) is 1. The Morgan fingerprint density at radius 1 is 1.60 bits per heavy atom. The highest BCUT2D eigenvalue weighted by Gasteiger charge is 2.16. The van der Waals surface area contributed by atoms with Crippen molar-refractivity contribution in [3.8, 4) is 6.07 Å². The maximum Gasteiger partial charge on any atom is 0.0666 e. The van der Waals surface area contributed by atoms with E-state index in [1.165, 1.54) is 0 Å². The Balaban J connectivity index is 2.12. The van der Waals surface area contributed by atoms with Gasteiger partial charge in [0, 0.05) is 25.2 Å². The third-order valence-electron chi connectivity index (χ3n) is 2.63. The molecule has 1 aliphatic heterocycles. The van der Waals surface area contributed by atoms with Crippen molar-refractivity contribution < 1.29 is 4.74 Å². The van der Waals surface area contributed by atoms with Crippen molar-refractivity contribution in [2.45, 2.75) is 32.4 Å². The van der Waals surface area contributed by atoms with Gasteiger partial charge in [0.1, 0.15) is 0 Å².